The molecule has 0 aliphatic carbocycles. The fourth-order valence-electron chi connectivity index (χ4n) is 1.58. The lowest BCUT2D eigenvalue weighted by Gasteiger charge is -2.17. The first kappa shape index (κ1) is 17.7. The summed E-state index contributed by atoms with van der Waals surface area (Å²) < 4.78 is 62.3. The van der Waals surface area contributed by atoms with Crippen LogP contribution in [0.25, 0.3) is 0 Å². The van der Waals surface area contributed by atoms with Gasteiger partial charge in [-0.3, -0.25) is 4.79 Å². The van der Waals surface area contributed by atoms with Crippen LogP contribution in [0.1, 0.15) is 12.0 Å². The summed E-state index contributed by atoms with van der Waals surface area (Å²) in [4.78, 5) is 10.4. The molecular formula is C11H11ClF3NO4S. The van der Waals surface area contributed by atoms with Gasteiger partial charge in [0.1, 0.15) is 6.04 Å². The highest BCUT2D eigenvalue weighted by atomic mass is 35.5. The molecule has 0 saturated heterocycles. The summed E-state index contributed by atoms with van der Waals surface area (Å²) in [5, 5.41) is 8.96. The summed E-state index contributed by atoms with van der Waals surface area (Å²) in [7, 11) is -4.41. The van der Waals surface area contributed by atoms with Gasteiger partial charge in [-0.25, -0.2) is 8.42 Å². The summed E-state index contributed by atoms with van der Waals surface area (Å²) in [5.41, 5.74) is 0.186. The minimum absolute atomic E-state index is 0.186. The highest BCUT2D eigenvalue weighted by Crippen LogP contribution is 2.24. The van der Waals surface area contributed by atoms with Crippen molar-refractivity contribution in [3.63, 3.8) is 0 Å². The van der Waals surface area contributed by atoms with Crippen molar-refractivity contribution in [2.75, 3.05) is 0 Å². The lowest BCUT2D eigenvalue weighted by atomic mass is 10.2. The zero-order chi connectivity index (χ0) is 16.4. The highest BCUT2D eigenvalue weighted by molar-refractivity contribution is 7.89. The number of aryl methyl sites for hydroxylation is 1. The summed E-state index contributed by atoms with van der Waals surface area (Å²) >= 11 is 5.65. The molecule has 0 aliphatic rings. The minimum Gasteiger partial charge on any atom is -0.480 e. The fraction of sp³-hybridized carbons (Fsp3) is 0.364. The zero-order valence-electron chi connectivity index (χ0n) is 10.6. The van der Waals surface area contributed by atoms with E-state index in [1.54, 1.807) is 0 Å². The summed E-state index contributed by atoms with van der Waals surface area (Å²) in [6.45, 7) is 1.39. The van der Waals surface area contributed by atoms with E-state index in [1.807, 2.05) is 0 Å². The van der Waals surface area contributed by atoms with Crippen LogP contribution in [0.2, 0.25) is 5.02 Å². The van der Waals surface area contributed by atoms with E-state index in [-0.39, 0.29) is 15.5 Å². The van der Waals surface area contributed by atoms with Gasteiger partial charge in [-0.05, 0) is 30.7 Å². The van der Waals surface area contributed by atoms with Gasteiger partial charge in [0.05, 0.1) is 11.3 Å². The second kappa shape index (κ2) is 6.20. The second-order valence-electron chi connectivity index (χ2n) is 4.24. The quantitative estimate of drug-likeness (QED) is 0.858. The number of hydrogen-bond donors (Lipinski definition) is 2. The van der Waals surface area contributed by atoms with Gasteiger partial charge in [-0.15, -0.1) is 0 Å². The number of aliphatic carboxylic acids is 1. The van der Waals surface area contributed by atoms with Crippen LogP contribution in [-0.2, 0) is 14.8 Å². The average molecular weight is 346 g/mol. The van der Waals surface area contributed by atoms with Crippen LogP contribution < -0.4 is 4.72 Å². The van der Waals surface area contributed by atoms with E-state index in [2.05, 4.69) is 0 Å². The maximum absolute atomic E-state index is 12.3. The van der Waals surface area contributed by atoms with Gasteiger partial charge in [0, 0.05) is 5.02 Å². The van der Waals surface area contributed by atoms with Gasteiger partial charge in [0.2, 0.25) is 10.0 Å². The molecule has 0 radical (unpaired) electrons. The molecule has 1 aromatic rings. The molecule has 0 bridgehead atoms. The topological polar surface area (TPSA) is 83.5 Å². The number of alkyl halides is 3. The van der Waals surface area contributed by atoms with Crippen molar-refractivity contribution in [3.8, 4) is 0 Å². The van der Waals surface area contributed by atoms with Crippen LogP contribution in [0, 0.1) is 6.92 Å². The standard InChI is InChI=1S/C11H11ClF3NO4S/c1-6-4-7(12)2-3-9(6)21(19,20)16-8(10(17)18)5-11(13,14)15/h2-4,8,16H,5H2,1H3,(H,17,18). The Bertz CT molecular complexity index is 645. The van der Waals surface area contributed by atoms with Gasteiger partial charge in [0.25, 0.3) is 0 Å². The van der Waals surface area contributed by atoms with Gasteiger partial charge in [0.15, 0.2) is 0 Å². The Kier molecular flexibility index (Phi) is 5.24. The summed E-state index contributed by atoms with van der Waals surface area (Å²) in [5.74, 6) is -1.91. The average Bonchev–Trinajstić information content (AvgIpc) is 2.24. The number of sulfonamides is 1. The predicted molar refractivity (Wildman–Crippen MR) is 68.6 cm³/mol. The van der Waals surface area contributed by atoms with Gasteiger partial charge in [-0.1, -0.05) is 11.6 Å². The third-order valence-electron chi connectivity index (χ3n) is 2.46. The predicted octanol–water partition coefficient (Wildman–Crippen LogP) is 2.33. The van der Waals surface area contributed by atoms with Gasteiger partial charge >= 0.3 is 12.1 Å². The molecule has 118 valence electrons. The molecule has 0 saturated carbocycles. The Morgan fingerprint density at radius 1 is 1.43 bits per heavy atom. The molecular weight excluding hydrogens is 335 g/mol. The molecule has 0 fully saturated rings. The van der Waals surface area contributed by atoms with Crippen LogP contribution in [0.15, 0.2) is 23.1 Å². The molecule has 0 aliphatic heterocycles. The first-order valence-electron chi connectivity index (χ1n) is 5.50. The van der Waals surface area contributed by atoms with Crippen molar-refractivity contribution >= 4 is 27.6 Å². The number of carbonyl (C=O) groups is 1. The number of hydrogen-bond acceptors (Lipinski definition) is 3. The molecule has 0 spiro atoms. The molecule has 10 heteroatoms. The van der Waals surface area contributed by atoms with E-state index in [4.69, 9.17) is 16.7 Å². The maximum Gasteiger partial charge on any atom is 0.391 e. The largest absolute Gasteiger partial charge is 0.480 e. The first-order valence-corrected chi connectivity index (χ1v) is 7.36. The van der Waals surface area contributed by atoms with Crippen molar-refractivity contribution in [3.05, 3.63) is 28.8 Å². The lowest BCUT2D eigenvalue weighted by molar-refractivity contribution is -0.157. The number of halogens is 4. The third-order valence-corrected chi connectivity index (χ3v) is 4.32. The maximum atomic E-state index is 12.3. The van der Waals surface area contributed by atoms with Crippen LogP contribution in [0.5, 0.6) is 0 Å². The lowest BCUT2D eigenvalue weighted by Crippen LogP contribution is -2.43. The molecule has 1 unspecified atom stereocenters. The number of rotatable bonds is 5. The smallest absolute Gasteiger partial charge is 0.391 e. The van der Waals surface area contributed by atoms with Crippen molar-refractivity contribution < 1.29 is 31.5 Å². The molecule has 1 rings (SSSR count). The molecule has 1 aromatic carbocycles. The Balaban J connectivity index is 3.09. The van der Waals surface area contributed by atoms with Gasteiger partial charge in [-0.2, -0.15) is 17.9 Å². The van der Waals surface area contributed by atoms with Crippen LogP contribution in [-0.4, -0.2) is 31.7 Å². The van der Waals surface area contributed by atoms with Crippen LogP contribution >= 0.6 is 11.6 Å². The molecule has 21 heavy (non-hydrogen) atoms. The molecule has 0 amide bonds. The third kappa shape index (κ3) is 5.18. The molecule has 1 atom stereocenters. The highest BCUT2D eigenvalue weighted by Gasteiger charge is 2.38. The number of carboxylic acids is 1. The van der Waals surface area contributed by atoms with E-state index < -0.39 is 34.6 Å². The molecule has 2 N–H and O–H groups in total. The van der Waals surface area contributed by atoms with Crippen LogP contribution in [0.4, 0.5) is 13.2 Å². The van der Waals surface area contributed by atoms with Crippen molar-refractivity contribution in [2.45, 2.75) is 30.5 Å². The van der Waals surface area contributed by atoms with E-state index in [9.17, 15) is 26.4 Å². The number of nitrogens with one attached hydrogen (secondary N) is 1. The van der Waals surface area contributed by atoms with Crippen molar-refractivity contribution in [1.82, 2.24) is 4.72 Å². The normalized spacial score (nSPS) is 14.0. The monoisotopic (exact) mass is 345 g/mol. The van der Waals surface area contributed by atoms with Crippen LogP contribution in [0.3, 0.4) is 0 Å². The zero-order valence-corrected chi connectivity index (χ0v) is 12.2. The first-order chi connectivity index (χ1) is 9.42. The Hall–Kier alpha value is -1.32. The summed E-state index contributed by atoms with van der Waals surface area (Å²) in [6.07, 6.45) is -6.63. The van der Waals surface area contributed by atoms with E-state index in [0.717, 1.165) is 6.07 Å². The van der Waals surface area contributed by atoms with Gasteiger partial charge < -0.3 is 5.11 Å². The summed E-state index contributed by atoms with van der Waals surface area (Å²) in [6, 6.07) is 1.33. The molecule has 5 nitrogen and oxygen atoms in total. The van der Waals surface area contributed by atoms with Crippen molar-refractivity contribution in [1.29, 1.82) is 0 Å². The Labute approximate surface area is 123 Å². The molecule has 0 heterocycles. The van der Waals surface area contributed by atoms with E-state index in [0.29, 0.717) is 0 Å². The Morgan fingerprint density at radius 2 is 2.00 bits per heavy atom. The minimum atomic E-state index is -4.82. The second-order valence-corrected chi connectivity index (χ2v) is 6.36. The molecule has 0 aromatic heterocycles. The van der Waals surface area contributed by atoms with Crippen molar-refractivity contribution in [2.24, 2.45) is 0 Å². The number of benzene rings is 1. The van der Waals surface area contributed by atoms with E-state index >= 15 is 0 Å². The SMILES string of the molecule is Cc1cc(Cl)ccc1S(=O)(=O)NC(CC(F)(F)F)C(=O)O. The van der Waals surface area contributed by atoms with E-state index in [1.165, 1.54) is 23.8 Å². The fourth-order valence-corrected chi connectivity index (χ4v) is 3.22. The Morgan fingerprint density at radius 3 is 2.43 bits per heavy atom. The number of carboxylic acid groups (broad SMARTS) is 1.